The number of urea groups is 1. The Morgan fingerprint density at radius 1 is 1.05 bits per heavy atom. The number of alkyl halides is 3. The van der Waals surface area contributed by atoms with E-state index in [2.05, 4.69) is 10.6 Å². The van der Waals surface area contributed by atoms with Crippen LogP contribution in [0.1, 0.15) is 5.56 Å². The maximum atomic E-state index is 12.8. The van der Waals surface area contributed by atoms with Crippen LogP contribution in [-0.2, 0) is 6.18 Å². The fourth-order valence-corrected chi connectivity index (χ4v) is 1.82. The number of anilines is 2. The molecule has 0 spiro atoms. The van der Waals surface area contributed by atoms with Gasteiger partial charge in [-0.2, -0.15) is 13.2 Å². The Morgan fingerprint density at radius 2 is 1.77 bits per heavy atom. The lowest BCUT2D eigenvalue weighted by molar-refractivity contribution is -0.136. The first-order valence-corrected chi connectivity index (χ1v) is 6.28. The molecule has 0 fully saturated rings. The minimum Gasteiger partial charge on any atom is -0.497 e. The minimum atomic E-state index is -4.54. The van der Waals surface area contributed by atoms with Crippen LogP contribution in [-0.4, -0.2) is 13.1 Å². The Kier molecular flexibility index (Phi) is 4.55. The van der Waals surface area contributed by atoms with E-state index in [0.717, 1.165) is 6.07 Å². The zero-order chi connectivity index (χ0) is 16.2. The zero-order valence-electron chi connectivity index (χ0n) is 11.6. The number of amides is 2. The summed E-state index contributed by atoms with van der Waals surface area (Å²) < 4.78 is 43.5. The fraction of sp³-hybridized carbons (Fsp3) is 0.133. The number of methoxy groups -OCH3 is 1. The first kappa shape index (κ1) is 15.7. The van der Waals surface area contributed by atoms with Gasteiger partial charge in [-0.25, -0.2) is 4.79 Å². The third kappa shape index (κ3) is 3.91. The number of ether oxygens (including phenoxy) is 1. The van der Waals surface area contributed by atoms with Gasteiger partial charge < -0.3 is 15.4 Å². The van der Waals surface area contributed by atoms with E-state index in [1.807, 2.05) is 0 Å². The maximum Gasteiger partial charge on any atom is 0.418 e. The van der Waals surface area contributed by atoms with Crippen LogP contribution in [0.3, 0.4) is 0 Å². The highest BCUT2D eigenvalue weighted by molar-refractivity contribution is 6.00. The molecule has 0 aromatic heterocycles. The monoisotopic (exact) mass is 310 g/mol. The highest BCUT2D eigenvalue weighted by Gasteiger charge is 2.33. The van der Waals surface area contributed by atoms with Gasteiger partial charge in [-0.05, 0) is 24.3 Å². The smallest absolute Gasteiger partial charge is 0.418 e. The average molecular weight is 310 g/mol. The van der Waals surface area contributed by atoms with Crippen LogP contribution in [0.5, 0.6) is 5.75 Å². The van der Waals surface area contributed by atoms with Gasteiger partial charge in [-0.1, -0.05) is 18.2 Å². The van der Waals surface area contributed by atoms with Gasteiger partial charge >= 0.3 is 12.2 Å². The average Bonchev–Trinajstić information content (AvgIpc) is 2.46. The van der Waals surface area contributed by atoms with Crippen molar-refractivity contribution in [1.29, 1.82) is 0 Å². The topological polar surface area (TPSA) is 50.4 Å². The summed E-state index contributed by atoms with van der Waals surface area (Å²) in [4.78, 5) is 11.8. The molecular formula is C15H13F3N2O2. The Labute approximate surface area is 124 Å². The molecule has 2 amide bonds. The van der Waals surface area contributed by atoms with Crippen molar-refractivity contribution in [3.05, 3.63) is 54.1 Å². The van der Waals surface area contributed by atoms with Gasteiger partial charge in [-0.15, -0.1) is 0 Å². The molecule has 0 unspecified atom stereocenters. The largest absolute Gasteiger partial charge is 0.497 e. The van der Waals surface area contributed by atoms with Crippen molar-refractivity contribution < 1.29 is 22.7 Å². The Bertz CT molecular complexity index is 672. The number of benzene rings is 2. The second kappa shape index (κ2) is 6.38. The van der Waals surface area contributed by atoms with Crippen molar-refractivity contribution in [3.8, 4) is 5.75 Å². The van der Waals surface area contributed by atoms with Crippen molar-refractivity contribution in [1.82, 2.24) is 0 Å². The Balaban J connectivity index is 2.13. The molecule has 0 heterocycles. The van der Waals surface area contributed by atoms with Crippen molar-refractivity contribution in [2.75, 3.05) is 17.7 Å². The molecule has 0 aliphatic heterocycles. The van der Waals surface area contributed by atoms with Gasteiger partial charge in [0, 0.05) is 11.8 Å². The van der Waals surface area contributed by atoms with Crippen molar-refractivity contribution in [2.45, 2.75) is 6.18 Å². The lowest BCUT2D eigenvalue weighted by atomic mass is 10.1. The molecular weight excluding hydrogens is 297 g/mol. The van der Waals surface area contributed by atoms with E-state index in [0.29, 0.717) is 11.4 Å². The van der Waals surface area contributed by atoms with E-state index in [9.17, 15) is 18.0 Å². The molecule has 0 aliphatic carbocycles. The minimum absolute atomic E-state index is 0.310. The number of hydrogen-bond donors (Lipinski definition) is 2. The van der Waals surface area contributed by atoms with Gasteiger partial charge in [0.2, 0.25) is 0 Å². The van der Waals surface area contributed by atoms with Gasteiger partial charge in [0.25, 0.3) is 0 Å². The van der Waals surface area contributed by atoms with Crippen LogP contribution in [0.25, 0.3) is 0 Å². The van der Waals surface area contributed by atoms with Crippen LogP contribution in [0.15, 0.2) is 48.5 Å². The van der Waals surface area contributed by atoms with E-state index >= 15 is 0 Å². The van der Waals surface area contributed by atoms with Crippen molar-refractivity contribution >= 4 is 17.4 Å². The fourth-order valence-electron chi connectivity index (χ4n) is 1.82. The first-order chi connectivity index (χ1) is 10.4. The molecule has 0 saturated carbocycles. The van der Waals surface area contributed by atoms with E-state index in [-0.39, 0.29) is 5.69 Å². The van der Waals surface area contributed by atoms with E-state index in [4.69, 9.17) is 4.74 Å². The zero-order valence-corrected chi connectivity index (χ0v) is 11.6. The van der Waals surface area contributed by atoms with E-state index in [1.54, 1.807) is 24.3 Å². The molecule has 0 aliphatic rings. The standard InChI is InChI=1S/C15H13F3N2O2/c1-22-11-6-4-5-10(9-11)19-14(21)20-13-8-3-2-7-12(13)15(16,17)18/h2-9H,1H3,(H2,19,20,21). The van der Waals surface area contributed by atoms with Gasteiger partial charge in [0.05, 0.1) is 18.4 Å². The summed E-state index contributed by atoms with van der Waals surface area (Å²) in [5.41, 5.74) is -0.812. The summed E-state index contributed by atoms with van der Waals surface area (Å²) in [5.74, 6) is 0.522. The summed E-state index contributed by atoms with van der Waals surface area (Å²) in [5, 5.41) is 4.64. The van der Waals surface area contributed by atoms with Gasteiger partial charge in [0.15, 0.2) is 0 Å². The summed E-state index contributed by atoms with van der Waals surface area (Å²) in [6, 6.07) is 10.5. The van der Waals surface area contributed by atoms with E-state index < -0.39 is 17.8 Å². The lowest BCUT2D eigenvalue weighted by Crippen LogP contribution is -2.21. The highest BCUT2D eigenvalue weighted by Crippen LogP contribution is 2.34. The number of carbonyl (C=O) groups excluding carboxylic acids is 1. The molecule has 7 heteroatoms. The van der Waals surface area contributed by atoms with Gasteiger partial charge in [-0.3, -0.25) is 0 Å². The molecule has 0 bridgehead atoms. The van der Waals surface area contributed by atoms with Crippen LogP contribution in [0.2, 0.25) is 0 Å². The van der Waals surface area contributed by atoms with Crippen LogP contribution < -0.4 is 15.4 Å². The quantitative estimate of drug-likeness (QED) is 0.885. The maximum absolute atomic E-state index is 12.8. The number of halogens is 3. The Morgan fingerprint density at radius 3 is 2.45 bits per heavy atom. The third-order valence-electron chi connectivity index (χ3n) is 2.81. The molecule has 0 saturated heterocycles. The number of rotatable bonds is 3. The SMILES string of the molecule is COc1cccc(NC(=O)Nc2ccccc2C(F)(F)F)c1. The molecule has 0 radical (unpaired) electrons. The second-order valence-corrected chi connectivity index (χ2v) is 4.35. The van der Waals surface area contributed by atoms with Gasteiger partial charge in [0.1, 0.15) is 5.75 Å². The predicted octanol–water partition coefficient (Wildman–Crippen LogP) is 4.36. The molecule has 22 heavy (non-hydrogen) atoms. The molecule has 2 aromatic carbocycles. The number of hydrogen-bond acceptors (Lipinski definition) is 2. The summed E-state index contributed by atoms with van der Waals surface area (Å²) in [6.07, 6.45) is -4.54. The highest BCUT2D eigenvalue weighted by atomic mass is 19.4. The molecule has 2 N–H and O–H groups in total. The first-order valence-electron chi connectivity index (χ1n) is 6.28. The summed E-state index contributed by atoms with van der Waals surface area (Å²) >= 11 is 0. The van der Waals surface area contributed by atoms with Crippen LogP contribution >= 0.6 is 0 Å². The molecule has 4 nitrogen and oxygen atoms in total. The number of carbonyl (C=O) groups is 1. The number of para-hydroxylation sites is 1. The van der Waals surface area contributed by atoms with Crippen LogP contribution in [0.4, 0.5) is 29.3 Å². The summed E-state index contributed by atoms with van der Waals surface area (Å²) in [7, 11) is 1.47. The van der Waals surface area contributed by atoms with Crippen molar-refractivity contribution in [2.24, 2.45) is 0 Å². The lowest BCUT2D eigenvalue weighted by Gasteiger charge is -2.14. The number of nitrogens with one attached hydrogen (secondary N) is 2. The van der Waals surface area contributed by atoms with Crippen molar-refractivity contribution in [3.63, 3.8) is 0 Å². The Hall–Kier alpha value is -2.70. The summed E-state index contributed by atoms with van der Waals surface area (Å²) in [6.45, 7) is 0. The predicted molar refractivity (Wildman–Crippen MR) is 77.1 cm³/mol. The second-order valence-electron chi connectivity index (χ2n) is 4.35. The molecule has 116 valence electrons. The third-order valence-corrected chi connectivity index (χ3v) is 2.81. The molecule has 2 aromatic rings. The molecule has 2 rings (SSSR count). The van der Waals surface area contributed by atoms with Crippen LogP contribution in [0, 0.1) is 0 Å². The normalized spacial score (nSPS) is 10.9. The molecule has 0 atom stereocenters. The van der Waals surface area contributed by atoms with E-state index in [1.165, 1.54) is 25.3 Å².